The zero-order valence-corrected chi connectivity index (χ0v) is 17.3. The molecule has 1 aliphatic rings. The first-order valence-electron chi connectivity index (χ1n) is 8.79. The van der Waals surface area contributed by atoms with Gasteiger partial charge in [-0.2, -0.15) is 5.21 Å². The number of sulfonamides is 1. The van der Waals surface area contributed by atoms with Crippen molar-refractivity contribution >= 4 is 26.7 Å². The van der Waals surface area contributed by atoms with Crippen molar-refractivity contribution in [2.75, 3.05) is 38.6 Å². The van der Waals surface area contributed by atoms with E-state index in [4.69, 9.17) is 5.14 Å². The van der Waals surface area contributed by atoms with E-state index in [9.17, 15) is 12.6 Å². The second-order valence-electron chi connectivity index (χ2n) is 6.52. The number of piperidine rings is 1. The van der Waals surface area contributed by atoms with Crippen LogP contribution >= 0.6 is 0 Å². The molecule has 1 saturated heterocycles. The molecule has 0 aliphatic carbocycles. The third-order valence-corrected chi connectivity index (χ3v) is 7.29. The molecule has 1 aromatic heterocycles. The molecule has 2 aromatic rings. The van der Waals surface area contributed by atoms with E-state index < -0.39 is 21.0 Å². The van der Waals surface area contributed by atoms with Gasteiger partial charge in [-0.3, -0.25) is 0 Å². The minimum atomic E-state index is -3.89. The molecule has 0 amide bonds. The third-order valence-electron chi connectivity index (χ3n) is 4.88. The largest absolute Gasteiger partial charge is 0.371 e. The highest BCUT2D eigenvalue weighted by molar-refractivity contribution is 7.90. The number of tetrazole rings is 1. The van der Waals surface area contributed by atoms with Gasteiger partial charge in [0.25, 0.3) is 0 Å². The van der Waals surface area contributed by atoms with Crippen molar-refractivity contribution in [2.45, 2.75) is 22.6 Å². The van der Waals surface area contributed by atoms with Crippen LogP contribution in [0.1, 0.15) is 12.8 Å². The fourth-order valence-corrected chi connectivity index (χ4v) is 5.54. The lowest BCUT2D eigenvalue weighted by Gasteiger charge is -2.35. The Morgan fingerprint density at radius 3 is 2.57 bits per heavy atom. The van der Waals surface area contributed by atoms with E-state index in [0.29, 0.717) is 17.2 Å². The van der Waals surface area contributed by atoms with Gasteiger partial charge in [-0.1, -0.05) is 0 Å². The normalized spacial score (nSPS) is 17.0. The van der Waals surface area contributed by atoms with Crippen LogP contribution in [0, 0.1) is 5.92 Å². The van der Waals surface area contributed by atoms with Crippen molar-refractivity contribution in [3.8, 4) is 11.4 Å². The lowest BCUT2D eigenvalue weighted by Crippen LogP contribution is -2.37. The van der Waals surface area contributed by atoms with Gasteiger partial charge in [-0.05, 0) is 56.7 Å². The fraction of sp³-hybridized carbons (Fsp3) is 0.533. The minimum Gasteiger partial charge on any atom is -0.371 e. The van der Waals surface area contributed by atoms with Crippen molar-refractivity contribution in [1.82, 2.24) is 30.7 Å². The molecule has 1 fully saturated rings. The highest BCUT2D eigenvalue weighted by atomic mass is 32.2. The van der Waals surface area contributed by atoms with Gasteiger partial charge in [0.05, 0.1) is 10.5 Å². The Labute approximate surface area is 166 Å². The van der Waals surface area contributed by atoms with Crippen LogP contribution in [0.3, 0.4) is 0 Å². The molecule has 1 atom stereocenters. The molecule has 5 N–H and O–H groups in total. The molecule has 3 rings (SSSR count). The zero-order chi connectivity index (χ0) is 20.3. The molecular formula is C15H24N8O3S2. The van der Waals surface area contributed by atoms with Gasteiger partial charge in [0.2, 0.25) is 15.8 Å². The molecule has 28 heavy (non-hydrogen) atoms. The molecular weight excluding hydrogens is 404 g/mol. The summed E-state index contributed by atoms with van der Waals surface area (Å²) in [6, 6.07) is 3.11. The van der Waals surface area contributed by atoms with Gasteiger partial charge in [-0.25, -0.2) is 22.5 Å². The van der Waals surface area contributed by atoms with Crippen molar-refractivity contribution in [2.24, 2.45) is 11.1 Å². The van der Waals surface area contributed by atoms with E-state index in [1.54, 1.807) is 6.07 Å². The molecule has 1 unspecified atom stereocenters. The smallest absolute Gasteiger partial charge is 0.241 e. The van der Waals surface area contributed by atoms with Crippen LogP contribution in [-0.4, -0.2) is 67.0 Å². The minimum absolute atomic E-state index is 0.0365. The Morgan fingerprint density at radius 1 is 1.32 bits per heavy atom. The number of nitrogens with one attached hydrogen (secondary N) is 3. The molecule has 13 heteroatoms. The Balaban J connectivity index is 2.14. The summed E-state index contributed by atoms with van der Waals surface area (Å²) in [5.41, 5.74) is 1.01. The Bertz CT molecular complexity index is 940. The van der Waals surface area contributed by atoms with E-state index >= 15 is 0 Å². The lowest BCUT2D eigenvalue weighted by molar-refractivity contribution is 0.393. The number of nitrogens with two attached hydrogens (primary N) is 1. The highest BCUT2D eigenvalue weighted by Gasteiger charge is 2.30. The van der Waals surface area contributed by atoms with Crippen LogP contribution < -0.4 is 20.1 Å². The summed E-state index contributed by atoms with van der Waals surface area (Å²) in [6.07, 6.45) is 1.95. The number of H-pyrrole nitrogens is 1. The summed E-state index contributed by atoms with van der Waals surface area (Å²) in [5.74, 6) is 0.719. The number of hydrogen-bond acceptors (Lipinski definition) is 8. The molecule has 154 valence electrons. The number of aromatic amines is 1. The highest BCUT2D eigenvalue weighted by Crippen LogP contribution is 2.38. The van der Waals surface area contributed by atoms with Crippen LogP contribution in [0.2, 0.25) is 0 Å². The molecule has 0 bridgehead atoms. The predicted molar refractivity (Wildman–Crippen MR) is 105 cm³/mol. The second kappa shape index (κ2) is 8.61. The van der Waals surface area contributed by atoms with Crippen molar-refractivity contribution in [1.29, 1.82) is 0 Å². The van der Waals surface area contributed by atoms with Crippen LogP contribution in [0.4, 0.5) is 5.69 Å². The topological polar surface area (TPSA) is 159 Å². The molecule has 1 aliphatic heterocycles. The maximum absolute atomic E-state index is 12.5. The van der Waals surface area contributed by atoms with Gasteiger partial charge in [-0.15, -0.1) is 10.2 Å². The summed E-state index contributed by atoms with van der Waals surface area (Å²) in [5, 5.41) is 22.8. The standard InChI is InChI=1S/C15H24N8O3S2/c1-17-9-10-5-7-23(8-6-10)11-3-4-12(28(25,26)18-2)14(27(16)24)13(11)15-19-21-22-20-15/h3-4,10,17-18H,5-9,16H2,1-2H3,(H,19,20,21,22). The molecule has 0 spiro atoms. The van der Waals surface area contributed by atoms with Crippen LogP contribution in [0.15, 0.2) is 21.9 Å². The van der Waals surface area contributed by atoms with Gasteiger partial charge in [0, 0.05) is 18.8 Å². The zero-order valence-electron chi connectivity index (χ0n) is 15.7. The van der Waals surface area contributed by atoms with Crippen molar-refractivity contribution in [3.05, 3.63) is 12.1 Å². The monoisotopic (exact) mass is 428 g/mol. The number of anilines is 1. The second-order valence-corrected chi connectivity index (χ2v) is 9.37. The molecule has 2 heterocycles. The van der Waals surface area contributed by atoms with Gasteiger partial charge < -0.3 is 10.2 Å². The summed E-state index contributed by atoms with van der Waals surface area (Å²) in [7, 11) is -2.75. The summed E-state index contributed by atoms with van der Waals surface area (Å²) in [6.45, 7) is 2.49. The maximum Gasteiger partial charge on any atom is 0.241 e. The summed E-state index contributed by atoms with van der Waals surface area (Å²) in [4.78, 5) is 1.92. The first-order chi connectivity index (χ1) is 13.4. The summed E-state index contributed by atoms with van der Waals surface area (Å²) >= 11 is 0. The molecule has 0 saturated carbocycles. The number of hydrogen-bond donors (Lipinski definition) is 4. The predicted octanol–water partition coefficient (Wildman–Crippen LogP) is -0.808. The van der Waals surface area contributed by atoms with Crippen molar-refractivity contribution in [3.63, 3.8) is 0 Å². The molecule has 0 radical (unpaired) electrons. The van der Waals surface area contributed by atoms with Crippen LogP contribution in [0.5, 0.6) is 0 Å². The van der Waals surface area contributed by atoms with E-state index in [0.717, 1.165) is 32.5 Å². The number of nitrogens with zero attached hydrogens (tertiary/aromatic N) is 4. The summed E-state index contributed by atoms with van der Waals surface area (Å²) < 4.78 is 39.6. The molecule has 11 nitrogen and oxygen atoms in total. The van der Waals surface area contributed by atoms with Crippen LogP contribution in [-0.2, 0) is 21.0 Å². The first kappa shape index (κ1) is 20.8. The SMILES string of the molecule is CNCC1CCN(c2ccc(S(=O)(=O)NC)c(S(N)=O)c2-c2nn[nH]n2)CC1. The Hall–Kier alpha value is -1.93. The third kappa shape index (κ3) is 4.07. The lowest BCUT2D eigenvalue weighted by atomic mass is 9.96. The number of benzene rings is 1. The maximum atomic E-state index is 12.5. The average molecular weight is 429 g/mol. The van der Waals surface area contributed by atoms with Crippen LogP contribution in [0.25, 0.3) is 11.4 Å². The van der Waals surface area contributed by atoms with E-state index in [1.165, 1.54) is 13.1 Å². The first-order valence-corrected chi connectivity index (χ1v) is 11.5. The Morgan fingerprint density at radius 2 is 2.04 bits per heavy atom. The Kier molecular flexibility index (Phi) is 6.40. The van der Waals surface area contributed by atoms with Gasteiger partial charge >= 0.3 is 0 Å². The van der Waals surface area contributed by atoms with Gasteiger partial charge in [0.1, 0.15) is 15.9 Å². The van der Waals surface area contributed by atoms with E-state index in [2.05, 4.69) is 35.6 Å². The number of aromatic nitrogens is 4. The van der Waals surface area contributed by atoms with E-state index in [-0.39, 0.29) is 15.6 Å². The van der Waals surface area contributed by atoms with Crippen molar-refractivity contribution < 1.29 is 12.6 Å². The fourth-order valence-electron chi connectivity index (χ4n) is 3.49. The quantitative estimate of drug-likeness (QED) is 0.446. The average Bonchev–Trinajstić information content (AvgIpc) is 3.22. The molecule has 1 aromatic carbocycles. The van der Waals surface area contributed by atoms with E-state index in [1.807, 2.05) is 7.05 Å². The number of rotatable bonds is 7. The van der Waals surface area contributed by atoms with Gasteiger partial charge in [0.15, 0.2) is 0 Å².